The van der Waals surface area contributed by atoms with E-state index in [0.717, 1.165) is 32.2 Å². The number of para-hydroxylation sites is 1. The molecule has 5 heteroatoms. The van der Waals surface area contributed by atoms with Crippen molar-refractivity contribution in [3.05, 3.63) is 75.9 Å². The van der Waals surface area contributed by atoms with Gasteiger partial charge in [0.05, 0.1) is 6.04 Å². The molecule has 4 nitrogen and oxygen atoms in total. The van der Waals surface area contributed by atoms with Crippen molar-refractivity contribution < 1.29 is 9.90 Å². The maximum absolute atomic E-state index is 11.6. The van der Waals surface area contributed by atoms with Gasteiger partial charge in [0.1, 0.15) is 6.04 Å². The molecule has 2 aromatic carbocycles. The topological polar surface area (TPSA) is 65.1 Å². The fourth-order valence-electron chi connectivity index (χ4n) is 3.40. The number of benzene rings is 2. The first-order valence-corrected chi connectivity index (χ1v) is 8.93. The highest BCUT2D eigenvalue weighted by Gasteiger charge is 2.34. The highest BCUT2D eigenvalue weighted by molar-refractivity contribution is 9.11. The summed E-state index contributed by atoms with van der Waals surface area (Å²) in [6.45, 7) is 0. The summed E-state index contributed by atoms with van der Waals surface area (Å²) in [5.41, 5.74) is 4.19. The molecule has 0 aliphatic carbocycles. The molecular weight excluding hydrogens is 380 g/mol. The van der Waals surface area contributed by atoms with Gasteiger partial charge in [0.15, 0.2) is 0 Å². The van der Waals surface area contributed by atoms with Gasteiger partial charge < -0.3 is 10.1 Å². The van der Waals surface area contributed by atoms with Crippen molar-refractivity contribution in [3.8, 4) is 0 Å². The number of rotatable bonds is 3. The lowest BCUT2D eigenvalue weighted by Gasteiger charge is -2.29. The summed E-state index contributed by atoms with van der Waals surface area (Å²) in [7, 11) is 0. The molecule has 0 spiro atoms. The fraction of sp³-hybridized carbons (Fsp3) is 0.150. The van der Waals surface area contributed by atoms with Crippen molar-refractivity contribution in [1.29, 1.82) is 0 Å². The van der Waals surface area contributed by atoms with E-state index in [9.17, 15) is 9.90 Å². The van der Waals surface area contributed by atoms with Crippen LogP contribution in [0, 0.1) is 0 Å². The quantitative estimate of drug-likeness (QED) is 0.619. The molecule has 2 heterocycles. The van der Waals surface area contributed by atoms with E-state index < -0.39 is 12.0 Å². The van der Waals surface area contributed by atoms with Gasteiger partial charge in [-0.25, -0.2) is 0 Å². The van der Waals surface area contributed by atoms with Crippen molar-refractivity contribution in [3.63, 3.8) is 0 Å². The van der Waals surface area contributed by atoms with Crippen molar-refractivity contribution >= 4 is 38.9 Å². The summed E-state index contributed by atoms with van der Waals surface area (Å²) in [6.07, 6.45) is 2.49. The highest BCUT2D eigenvalue weighted by Crippen LogP contribution is 2.37. The first kappa shape index (κ1) is 16.1. The van der Waals surface area contributed by atoms with Crippen LogP contribution in [-0.2, 0) is 11.2 Å². The van der Waals surface area contributed by atoms with Gasteiger partial charge in [-0.2, -0.15) is 0 Å². The van der Waals surface area contributed by atoms with Crippen molar-refractivity contribution in [2.24, 2.45) is 0 Å². The Bertz CT molecular complexity index is 962. The van der Waals surface area contributed by atoms with E-state index in [0.29, 0.717) is 6.42 Å². The molecule has 3 aromatic rings. The molecule has 0 saturated heterocycles. The molecule has 0 saturated carbocycles. The molecule has 0 radical (unpaired) electrons. The maximum atomic E-state index is 11.6. The molecule has 1 aliphatic heterocycles. The van der Waals surface area contributed by atoms with Crippen LogP contribution in [0.15, 0.2) is 59.1 Å². The molecule has 126 valence electrons. The van der Waals surface area contributed by atoms with Gasteiger partial charge in [-0.05, 0) is 23.3 Å². The summed E-state index contributed by atoms with van der Waals surface area (Å²) in [5.74, 6) is -0.832. The van der Waals surface area contributed by atoms with E-state index in [4.69, 9.17) is 0 Å². The number of carboxylic acid groups (broad SMARTS) is 1. The van der Waals surface area contributed by atoms with Gasteiger partial charge in [-0.1, -0.05) is 64.5 Å². The standard InChI is InChI=1S/C20H17BrN2O2/c21-15(10-12-6-2-1-3-7-12)19-18-14(11-17(23-19)20(24)25)13-8-4-5-9-16(13)22-18/h1-10,17,19,22-23H,11H2,(H,24,25)/b15-10-/t17-,19-/m1/s1. The fourth-order valence-corrected chi connectivity index (χ4v) is 4.03. The van der Waals surface area contributed by atoms with Crippen LogP contribution in [-0.4, -0.2) is 22.1 Å². The molecule has 1 aliphatic rings. The molecule has 0 fully saturated rings. The number of H-pyrrole nitrogens is 1. The molecular formula is C20H17BrN2O2. The SMILES string of the molecule is O=C(O)[C@H]1Cc2c([nH]c3ccccc23)[C@@H](/C(Br)=C/c2ccccc2)N1. The minimum Gasteiger partial charge on any atom is -0.480 e. The highest BCUT2D eigenvalue weighted by atomic mass is 79.9. The predicted molar refractivity (Wildman–Crippen MR) is 103 cm³/mol. The lowest BCUT2D eigenvalue weighted by molar-refractivity contribution is -0.139. The Balaban J connectivity index is 1.82. The second kappa shape index (κ2) is 6.50. The Hall–Kier alpha value is -2.37. The maximum Gasteiger partial charge on any atom is 0.321 e. The molecule has 0 unspecified atom stereocenters. The van der Waals surface area contributed by atoms with Gasteiger partial charge in [0, 0.05) is 27.5 Å². The Morgan fingerprint density at radius 1 is 1.12 bits per heavy atom. The number of fused-ring (bicyclic) bond motifs is 3. The third kappa shape index (κ3) is 3.01. The summed E-state index contributed by atoms with van der Waals surface area (Å²) in [5, 5.41) is 13.9. The van der Waals surface area contributed by atoms with Crippen LogP contribution in [0.4, 0.5) is 0 Å². The van der Waals surface area contributed by atoms with Crippen LogP contribution in [0.1, 0.15) is 22.9 Å². The first-order chi connectivity index (χ1) is 12.1. The zero-order valence-electron chi connectivity index (χ0n) is 13.4. The Labute approximate surface area is 153 Å². The second-order valence-corrected chi connectivity index (χ2v) is 7.11. The number of carbonyl (C=O) groups is 1. The zero-order chi connectivity index (χ0) is 17.4. The first-order valence-electron chi connectivity index (χ1n) is 8.14. The number of nitrogens with one attached hydrogen (secondary N) is 2. The number of aliphatic carboxylic acids is 1. The lowest BCUT2D eigenvalue weighted by atomic mass is 9.93. The Morgan fingerprint density at radius 3 is 2.60 bits per heavy atom. The van der Waals surface area contributed by atoms with E-state index in [1.807, 2.05) is 60.7 Å². The van der Waals surface area contributed by atoms with E-state index in [-0.39, 0.29) is 6.04 Å². The van der Waals surface area contributed by atoms with E-state index in [1.54, 1.807) is 0 Å². The number of hydrogen-bond acceptors (Lipinski definition) is 2. The predicted octanol–water partition coefficient (Wildman–Crippen LogP) is 4.24. The van der Waals surface area contributed by atoms with Gasteiger partial charge >= 0.3 is 5.97 Å². The largest absolute Gasteiger partial charge is 0.480 e. The van der Waals surface area contributed by atoms with E-state index in [1.165, 1.54) is 0 Å². The average molecular weight is 397 g/mol. The minimum atomic E-state index is -0.832. The zero-order valence-corrected chi connectivity index (χ0v) is 15.0. The van der Waals surface area contributed by atoms with Crippen LogP contribution in [0.3, 0.4) is 0 Å². The molecule has 0 bridgehead atoms. The molecule has 0 amide bonds. The van der Waals surface area contributed by atoms with Crippen LogP contribution < -0.4 is 5.32 Å². The van der Waals surface area contributed by atoms with E-state index >= 15 is 0 Å². The normalized spacial score (nSPS) is 20.4. The molecule has 3 N–H and O–H groups in total. The van der Waals surface area contributed by atoms with Crippen molar-refractivity contribution in [1.82, 2.24) is 10.3 Å². The molecule has 4 rings (SSSR count). The molecule has 25 heavy (non-hydrogen) atoms. The number of halogens is 1. The average Bonchev–Trinajstić information content (AvgIpc) is 3.00. The van der Waals surface area contributed by atoms with Gasteiger partial charge in [0.2, 0.25) is 0 Å². The van der Waals surface area contributed by atoms with Gasteiger partial charge in [0.25, 0.3) is 0 Å². The van der Waals surface area contributed by atoms with Crippen molar-refractivity contribution in [2.45, 2.75) is 18.5 Å². The smallest absolute Gasteiger partial charge is 0.321 e. The van der Waals surface area contributed by atoms with Gasteiger partial charge in [-0.15, -0.1) is 0 Å². The Kier molecular flexibility index (Phi) is 4.19. The van der Waals surface area contributed by atoms with E-state index in [2.05, 4.69) is 26.2 Å². The third-order valence-corrected chi connectivity index (χ3v) is 5.28. The molecule has 1 aromatic heterocycles. The van der Waals surface area contributed by atoms with Crippen LogP contribution in [0.5, 0.6) is 0 Å². The summed E-state index contributed by atoms with van der Waals surface area (Å²) < 4.78 is 0.900. The monoisotopic (exact) mass is 396 g/mol. The summed E-state index contributed by atoms with van der Waals surface area (Å²) in [6, 6.07) is 17.2. The van der Waals surface area contributed by atoms with Crippen LogP contribution >= 0.6 is 15.9 Å². The summed E-state index contributed by atoms with van der Waals surface area (Å²) >= 11 is 3.67. The lowest BCUT2D eigenvalue weighted by Crippen LogP contribution is -2.44. The van der Waals surface area contributed by atoms with Crippen LogP contribution in [0.25, 0.3) is 17.0 Å². The van der Waals surface area contributed by atoms with Crippen molar-refractivity contribution in [2.75, 3.05) is 0 Å². The third-order valence-electron chi connectivity index (χ3n) is 4.59. The number of hydrogen-bond donors (Lipinski definition) is 3. The number of carboxylic acids is 1. The minimum absolute atomic E-state index is 0.225. The molecule has 2 atom stereocenters. The summed E-state index contributed by atoms with van der Waals surface area (Å²) in [4.78, 5) is 15.1. The van der Waals surface area contributed by atoms with Gasteiger partial charge in [-0.3, -0.25) is 10.1 Å². The number of aromatic nitrogens is 1. The second-order valence-electron chi connectivity index (χ2n) is 6.20. The Morgan fingerprint density at radius 2 is 1.84 bits per heavy atom. The van der Waals surface area contributed by atoms with Crippen LogP contribution in [0.2, 0.25) is 0 Å². The number of aromatic amines is 1.